The molecule has 72 valence electrons. The molecule has 1 aliphatic rings. The highest BCUT2D eigenvalue weighted by Crippen LogP contribution is 2.30. The van der Waals surface area contributed by atoms with Gasteiger partial charge in [-0.2, -0.15) is 13.2 Å². The molecule has 0 bridgehead atoms. The third-order valence-electron chi connectivity index (χ3n) is 2.40. The van der Waals surface area contributed by atoms with Crippen LogP contribution in [0.1, 0.15) is 26.2 Å². The van der Waals surface area contributed by atoms with Crippen molar-refractivity contribution in [3.8, 4) is 0 Å². The van der Waals surface area contributed by atoms with Gasteiger partial charge in [0.1, 0.15) is 0 Å². The van der Waals surface area contributed by atoms with Crippen LogP contribution in [0.2, 0.25) is 0 Å². The zero-order chi connectivity index (χ0) is 9.19. The van der Waals surface area contributed by atoms with Gasteiger partial charge in [0, 0.05) is 6.04 Å². The molecule has 4 heteroatoms. The molecule has 1 N–H and O–H groups in total. The van der Waals surface area contributed by atoms with E-state index in [1.54, 1.807) is 0 Å². The predicted octanol–water partition coefficient (Wildman–Crippen LogP) is 2.33. The summed E-state index contributed by atoms with van der Waals surface area (Å²) in [7, 11) is 0. The second-order valence-corrected chi connectivity index (χ2v) is 3.44. The van der Waals surface area contributed by atoms with Gasteiger partial charge in [-0.3, -0.25) is 0 Å². The third-order valence-corrected chi connectivity index (χ3v) is 2.40. The number of hydrogen-bond acceptors (Lipinski definition) is 1. The highest BCUT2D eigenvalue weighted by atomic mass is 19.4. The summed E-state index contributed by atoms with van der Waals surface area (Å²) in [4.78, 5) is 0. The van der Waals surface area contributed by atoms with E-state index in [9.17, 15) is 13.2 Å². The van der Waals surface area contributed by atoms with E-state index in [2.05, 4.69) is 12.2 Å². The van der Waals surface area contributed by atoms with E-state index in [4.69, 9.17) is 0 Å². The Kier molecular flexibility index (Phi) is 2.99. The average molecular weight is 181 g/mol. The fourth-order valence-corrected chi connectivity index (χ4v) is 1.50. The van der Waals surface area contributed by atoms with E-state index >= 15 is 0 Å². The van der Waals surface area contributed by atoms with Crippen LogP contribution in [0.4, 0.5) is 13.2 Å². The lowest BCUT2D eigenvalue weighted by Crippen LogP contribution is -2.44. The fraction of sp³-hybridized carbons (Fsp3) is 1.00. The zero-order valence-electron chi connectivity index (χ0n) is 7.12. The van der Waals surface area contributed by atoms with Crippen molar-refractivity contribution in [2.45, 2.75) is 38.4 Å². The quantitative estimate of drug-likeness (QED) is 0.704. The van der Waals surface area contributed by atoms with Gasteiger partial charge in [0.25, 0.3) is 0 Å². The second-order valence-electron chi connectivity index (χ2n) is 3.44. The SMILES string of the molecule is CC[C@H]1C[C@@H](NCC(F)(F)F)C1. The number of halogens is 3. The van der Waals surface area contributed by atoms with Crippen molar-refractivity contribution in [2.24, 2.45) is 5.92 Å². The maximum Gasteiger partial charge on any atom is 0.401 e. The summed E-state index contributed by atoms with van der Waals surface area (Å²) >= 11 is 0. The maximum absolute atomic E-state index is 11.7. The first-order chi connectivity index (χ1) is 5.51. The molecule has 1 aliphatic carbocycles. The van der Waals surface area contributed by atoms with Crippen LogP contribution in [0.15, 0.2) is 0 Å². The Morgan fingerprint density at radius 2 is 1.92 bits per heavy atom. The third kappa shape index (κ3) is 3.01. The highest BCUT2D eigenvalue weighted by molar-refractivity contribution is 4.84. The number of alkyl halides is 3. The standard InChI is InChI=1S/C8H14F3N/c1-2-6-3-7(4-6)12-5-8(9,10)11/h6-7,12H,2-5H2,1H3/t6-,7+. The van der Waals surface area contributed by atoms with Gasteiger partial charge >= 0.3 is 6.18 Å². The van der Waals surface area contributed by atoms with E-state index in [0.717, 1.165) is 19.3 Å². The Hall–Kier alpha value is -0.250. The highest BCUT2D eigenvalue weighted by Gasteiger charge is 2.32. The summed E-state index contributed by atoms with van der Waals surface area (Å²) < 4.78 is 35.1. The minimum absolute atomic E-state index is 0.108. The first kappa shape index (κ1) is 9.84. The van der Waals surface area contributed by atoms with Crippen LogP contribution in [0.25, 0.3) is 0 Å². The van der Waals surface area contributed by atoms with Crippen LogP contribution in [0.5, 0.6) is 0 Å². The Bertz CT molecular complexity index is 138. The van der Waals surface area contributed by atoms with Gasteiger partial charge in [-0.15, -0.1) is 0 Å². The molecular formula is C8H14F3N. The minimum atomic E-state index is -4.06. The maximum atomic E-state index is 11.7. The van der Waals surface area contributed by atoms with Crippen LogP contribution >= 0.6 is 0 Å². The zero-order valence-corrected chi connectivity index (χ0v) is 7.12. The van der Waals surface area contributed by atoms with Crippen LogP contribution in [-0.4, -0.2) is 18.8 Å². The van der Waals surface area contributed by atoms with Gasteiger partial charge < -0.3 is 5.32 Å². The molecule has 1 nitrogen and oxygen atoms in total. The van der Waals surface area contributed by atoms with Crippen LogP contribution < -0.4 is 5.32 Å². The molecule has 0 aliphatic heterocycles. The topological polar surface area (TPSA) is 12.0 Å². The lowest BCUT2D eigenvalue weighted by Gasteiger charge is -2.35. The van der Waals surface area contributed by atoms with Crippen LogP contribution in [0, 0.1) is 5.92 Å². The molecule has 0 aromatic carbocycles. The van der Waals surface area contributed by atoms with Gasteiger partial charge in [-0.05, 0) is 18.8 Å². The van der Waals surface area contributed by atoms with Crippen molar-refractivity contribution in [1.29, 1.82) is 0 Å². The van der Waals surface area contributed by atoms with Crippen molar-refractivity contribution >= 4 is 0 Å². The van der Waals surface area contributed by atoms with Crippen molar-refractivity contribution in [3.05, 3.63) is 0 Å². The van der Waals surface area contributed by atoms with E-state index in [1.807, 2.05) is 0 Å². The average Bonchev–Trinajstić information content (AvgIpc) is 1.82. The summed E-state index contributed by atoms with van der Waals surface area (Å²) in [5, 5.41) is 2.50. The summed E-state index contributed by atoms with van der Waals surface area (Å²) in [5.41, 5.74) is 0. The molecule has 1 rings (SSSR count). The lowest BCUT2D eigenvalue weighted by molar-refractivity contribution is -0.128. The Morgan fingerprint density at radius 3 is 2.33 bits per heavy atom. The number of nitrogens with one attached hydrogen (secondary N) is 1. The molecule has 0 spiro atoms. The molecule has 0 amide bonds. The molecule has 0 aromatic heterocycles. The molecule has 0 aromatic rings. The minimum Gasteiger partial charge on any atom is -0.306 e. The summed E-state index contributed by atoms with van der Waals surface area (Å²) in [5.74, 6) is 0.649. The monoisotopic (exact) mass is 181 g/mol. The van der Waals surface area contributed by atoms with E-state index < -0.39 is 12.7 Å². The van der Waals surface area contributed by atoms with Gasteiger partial charge in [0.05, 0.1) is 6.54 Å². The summed E-state index contributed by atoms with van der Waals surface area (Å²) in [6.45, 7) is 1.23. The second kappa shape index (κ2) is 3.64. The molecule has 0 unspecified atom stereocenters. The summed E-state index contributed by atoms with van der Waals surface area (Å²) in [6, 6.07) is 0.108. The smallest absolute Gasteiger partial charge is 0.306 e. The molecule has 1 saturated carbocycles. The molecule has 0 heterocycles. The molecule has 1 fully saturated rings. The number of rotatable bonds is 3. The van der Waals surface area contributed by atoms with Crippen LogP contribution in [-0.2, 0) is 0 Å². The normalized spacial score (nSPS) is 30.0. The van der Waals surface area contributed by atoms with E-state index in [0.29, 0.717) is 5.92 Å². The molecule has 0 radical (unpaired) electrons. The van der Waals surface area contributed by atoms with Gasteiger partial charge in [-0.1, -0.05) is 13.3 Å². The Labute approximate surface area is 70.3 Å². The fourth-order valence-electron chi connectivity index (χ4n) is 1.50. The first-order valence-corrected chi connectivity index (χ1v) is 4.31. The first-order valence-electron chi connectivity index (χ1n) is 4.31. The van der Waals surface area contributed by atoms with Crippen LogP contribution in [0.3, 0.4) is 0 Å². The van der Waals surface area contributed by atoms with Crippen molar-refractivity contribution in [3.63, 3.8) is 0 Å². The van der Waals surface area contributed by atoms with Crippen molar-refractivity contribution in [1.82, 2.24) is 5.32 Å². The lowest BCUT2D eigenvalue weighted by atomic mass is 9.79. The van der Waals surface area contributed by atoms with Gasteiger partial charge in [-0.25, -0.2) is 0 Å². The Balaban J connectivity index is 2.04. The van der Waals surface area contributed by atoms with Gasteiger partial charge in [0.15, 0.2) is 0 Å². The molecule has 0 atom stereocenters. The van der Waals surface area contributed by atoms with Gasteiger partial charge in [0.2, 0.25) is 0 Å². The van der Waals surface area contributed by atoms with E-state index in [1.165, 1.54) is 0 Å². The van der Waals surface area contributed by atoms with E-state index in [-0.39, 0.29) is 6.04 Å². The predicted molar refractivity (Wildman–Crippen MR) is 40.9 cm³/mol. The molecule has 0 saturated heterocycles. The van der Waals surface area contributed by atoms with Crippen molar-refractivity contribution in [2.75, 3.05) is 6.54 Å². The largest absolute Gasteiger partial charge is 0.401 e. The molecular weight excluding hydrogens is 167 g/mol. The van der Waals surface area contributed by atoms with Crippen molar-refractivity contribution < 1.29 is 13.2 Å². The molecule has 12 heavy (non-hydrogen) atoms. The number of hydrogen-bond donors (Lipinski definition) is 1. The summed E-state index contributed by atoms with van der Waals surface area (Å²) in [6.07, 6.45) is -1.15. The Morgan fingerprint density at radius 1 is 1.33 bits per heavy atom.